The number of benzene rings is 2. The number of aromatic hydroxyl groups is 2. The van der Waals surface area contributed by atoms with Crippen LogP contribution in [0.1, 0.15) is 17.5 Å². The first-order valence-electron chi connectivity index (χ1n) is 13.3. The fraction of sp³-hybridized carbons (Fsp3) is 0.448. The third-order valence-corrected chi connectivity index (χ3v) is 6.89. The largest absolute Gasteiger partial charge is 0.504 e. The maximum Gasteiger partial charge on any atom is 0.229 e. The van der Waals surface area contributed by atoms with Crippen LogP contribution in [0.2, 0.25) is 0 Å². The number of ether oxygens (including phenoxy) is 4. The molecule has 0 aromatic heterocycles. The zero-order valence-corrected chi connectivity index (χ0v) is 22.6. The number of allylic oxidation sites excluding steroid dienone is 1. The summed E-state index contributed by atoms with van der Waals surface area (Å²) in [5, 5.41) is 99.0. The van der Waals surface area contributed by atoms with Crippen molar-refractivity contribution in [3.8, 4) is 34.8 Å². The Balaban J connectivity index is 1.31. The summed E-state index contributed by atoms with van der Waals surface area (Å²) in [6.45, 7) is -1.23. The highest BCUT2D eigenvalue weighted by atomic mass is 16.7. The second-order valence-corrected chi connectivity index (χ2v) is 9.95. The third kappa shape index (κ3) is 7.55. The Labute approximate surface area is 245 Å². The van der Waals surface area contributed by atoms with Crippen molar-refractivity contribution in [2.45, 2.75) is 67.8 Å². The summed E-state index contributed by atoms with van der Waals surface area (Å²) in [6.07, 6.45) is -11.1. The van der Waals surface area contributed by atoms with Gasteiger partial charge in [0.25, 0.3) is 0 Å². The predicted octanol–water partition coefficient (Wildman–Crippen LogP) is -2.09. The van der Waals surface area contributed by atoms with Crippen molar-refractivity contribution in [3.05, 3.63) is 53.6 Å². The molecule has 2 aliphatic heterocycles. The molecule has 14 nitrogen and oxygen atoms in total. The van der Waals surface area contributed by atoms with Crippen molar-refractivity contribution < 1.29 is 70.0 Å². The normalized spacial score (nSPS) is 32.7. The summed E-state index contributed by atoms with van der Waals surface area (Å²) in [5.41, 5.74) is 1.03. The quantitative estimate of drug-likeness (QED) is 0.145. The lowest BCUT2D eigenvalue weighted by molar-refractivity contribution is -0.277. The Morgan fingerprint density at radius 1 is 0.674 bits per heavy atom. The van der Waals surface area contributed by atoms with Crippen LogP contribution in [0, 0.1) is 11.8 Å². The van der Waals surface area contributed by atoms with Crippen molar-refractivity contribution >= 4 is 6.08 Å². The molecule has 0 aliphatic carbocycles. The minimum atomic E-state index is -1.63. The number of hydrogen-bond acceptors (Lipinski definition) is 14. The molecule has 234 valence electrons. The highest BCUT2D eigenvalue weighted by Crippen LogP contribution is 2.32. The predicted molar refractivity (Wildman–Crippen MR) is 146 cm³/mol. The molecule has 43 heavy (non-hydrogen) atoms. The number of rotatable bonds is 8. The summed E-state index contributed by atoms with van der Waals surface area (Å²) < 4.78 is 21.4. The van der Waals surface area contributed by atoms with Gasteiger partial charge in [-0.05, 0) is 35.9 Å². The number of phenolic OH excluding ortho intramolecular Hbond substituents is 2. The number of hydrogen-bond donors (Lipinski definition) is 10. The summed E-state index contributed by atoms with van der Waals surface area (Å²) in [5.74, 6) is 5.02. The van der Waals surface area contributed by atoms with Gasteiger partial charge in [-0.3, -0.25) is 0 Å². The molecule has 2 saturated heterocycles. The Morgan fingerprint density at radius 2 is 1.19 bits per heavy atom. The molecule has 2 heterocycles. The maximum atomic E-state index is 10.3. The Hall–Kier alpha value is -3.46. The third-order valence-electron chi connectivity index (χ3n) is 6.89. The Kier molecular flexibility index (Phi) is 10.8. The van der Waals surface area contributed by atoms with Crippen molar-refractivity contribution in [1.29, 1.82) is 0 Å². The Morgan fingerprint density at radius 3 is 1.67 bits per heavy atom. The zero-order chi connectivity index (χ0) is 31.3. The van der Waals surface area contributed by atoms with Gasteiger partial charge in [-0.1, -0.05) is 30.1 Å². The standard InChI is InChI=1S/C29H34O14/c30-12-20-22(34)24(36)26(38)28(42-20)40-18-8-6-14(10-16(18)32)4-2-1-3-5-15-7-9-19(17(33)11-15)41-29-27(39)25(37)23(35)21(13-31)43-29/h2,4,6-11,20-39H,1,12-13H2/b4-2+. The van der Waals surface area contributed by atoms with E-state index in [0.717, 1.165) is 0 Å². The lowest BCUT2D eigenvalue weighted by Crippen LogP contribution is -2.60. The molecule has 10 unspecified atom stereocenters. The van der Waals surface area contributed by atoms with Crippen molar-refractivity contribution in [2.75, 3.05) is 13.2 Å². The average molecular weight is 607 g/mol. The van der Waals surface area contributed by atoms with Crippen LogP contribution >= 0.6 is 0 Å². The highest BCUT2D eigenvalue weighted by molar-refractivity contribution is 5.56. The van der Waals surface area contributed by atoms with Crippen LogP contribution in [0.25, 0.3) is 6.08 Å². The van der Waals surface area contributed by atoms with E-state index in [4.69, 9.17) is 18.9 Å². The molecule has 2 fully saturated rings. The molecule has 4 rings (SSSR count). The van der Waals surface area contributed by atoms with Gasteiger partial charge in [-0.15, -0.1) is 0 Å². The van der Waals surface area contributed by atoms with Gasteiger partial charge in [-0.2, -0.15) is 0 Å². The maximum absolute atomic E-state index is 10.3. The molecule has 10 N–H and O–H groups in total. The van der Waals surface area contributed by atoms with E-state index in [1.54, 1.807) is 24.3 Å². The van der Waals surface area contributed by atoms with E-state index in [0.29, 0.717) is 17.5 Å². The first-order chi connectivity index (χ1) is 20.5. The minimum absolute atomic E-state index is 0.0555. The van der Waals surface area contributed by atoms with Crippen molar-refractivity contribution in [3.63, 3.8) is 0 Å². The lowest BCUT2D eigenvalue weighted by Gasteiger charge is -2.39. The smallest absolute Gasteiger partial charge is 0.229 e. The fourth-order valence-corrected chi connectivity index (χ4v) is 4.42. The second kappa shape index (κ2) is 14.3. The van der Waals surface area contributed by atoms with E-state index in [1.807, 2.05) is 0 Å². The van der Waals surface area contributed by atoms with E-state index in [1.165, 1.54) is 24.3 Å². The van der Waals surface area contributed by atoms with Gasteiger partial charge in [0.05, 0.1) is 13.2 Å². The van der Waals surface area contributed by atoms with E-state index in [2.05, 4.69) is 11.8 Å². The molecule has 14 heteroatoms. The van der Waals surface area contributed by atoms with Crippen LogP contribution in [0.3, 0.4) is 0 Å². The zero-order valence-electron chi connectivity index (χ0n) is 22.6. The first-order valence-corrected chi connectivity index (χ1v) is 13.3. The molecular weight excluding hydrogens is 572 g/mol. The molecule has 0 spiro atoms. The average Bonchev–Trinajstić information content (AvgIpc) is 2.99. The van der Waals surface area contributed by atoms with Crippen molar-refractivity contribution in [1.82, 2.24) is 0 Å². The molecule has 0 radical (unpaired) electrons. The molecular formula is C29H34O14. The first kappa shape index (κ1) is 32.5. The van der Waals surface area contributed by atoms with Gasteiger partial charge in [0.2, 0.25) is 12.6 Å². The van der Waals surface area contributed by atoms with E-state index < -0.39 is 74.6 Å². The van der Waals surface area contributed by atoms with Crippen LogP contribution < -0.4 is 9.47 Å². The van der Waals surface area contributed by atoms with Crippen LogP contribution in [0.5, 0.6) is 23.0 Å². The van der Waals surface area contributed by atoms with E-state index >= 15 is 0 Å². The van der Waals surface area contributed by atoms with Gasteiger partial charge < -0.3 is 70.0 Å². The van der Waals surface area contributed by atoms with Gasteiger partial charge >= 0.3 is 0 Å². The molecule has 0 saturated carbocycles. The van der Waals surface area contributed by atoms with E-state index in [9.17, 15) is 51.1 Å². The van der Waals surface area contributed by atoms with Crippen LogP contribution in [0.15, 0.2) is 42.5 Å². The summed E-state index contributed by atoms with van der Waals surface area (Å²) >= 11 is 0. The summed E-state index contributed by atoms with van der Waals surface area (Å²) in [7, 11) is 0. The van der Waals surface area contributed by atoms with Gasteiger partial charge in [-0.25, -0.2) is 0 Å². The number of aliphatic hydroxyl groups is 8. The molecule has 0 amide bonds. The SMILES string of the molecule is OCC1OC(Oc2ccc(C#CC/C=C/c3ccc(OC4OC(CO)C(O)C(O)C4O)c(O)c3)cc2O)C(O)C(O)C1O. The molecule has 2 aromatic rings. The molecule has 10 atom stereocenters. The highest BCUT2D eigenvalue weighted by Gasteiger charge is 2.46. The monoisotopic (exact) mass is 606 g/mol. The van der Waals surface area contributed by atoms with Gasteiger partial charge in [0, 0.05) is 12.0 Å². The van der Waals surface area contributed by atoms with E-state index in [-0.39, 0.29) is 23.0 Å². The van der Waals surface area contributed by atoms with Gasteiger partial charge in [0.15, 0.2) is 23.0 Å². The summed E-state index contributed by atoms with van der Waals surface area (Å²) in [6, 6.07) is 8.65. The van der Waals surface area contributed by atoms with Gasteiger partial charge in [0.1, 0.15) is 48.8 Å². The fourth-order valence-electron chi connectivity index (χ4n) is 4.42. The molecule has 2 aromatic carbocycles. The van der Waals surface area contributed by atoms with Crippen LogP contribution in [0.4, 0.5) is 0 Å². The minimum Gasteiger partial charge on any atom is -0.504 e. The van der Waals surface area contributed by atoms with Crippen LogP contribution in [-0.4, -0.2) is 126 Å². The Bertz CT molecular complexity index is 1320. The number of aliphatic hydroxyl groups excluding tert-OH is 8. The topological polar surface area (TPSA) is 239 Å². The van der Waals surface area contributed by atoms with Crippen LogP contribution in [-0.2, 0) is 9.47 Å². The summed E-state index contributed by atoms with van der Waals surface area (Å²) in [4.78, 5) is 0. The number of phenols is 2. The van der Waals surface area contributed by atoms with Crippen molar-refractivity contribution in [2.24, 2.45) is 0 Å². The lowest BCUT2D eigenvalue weighted by atomic mass is 9.99. The molecule has 2 aliphatic rings. The second-order valence-electron chi connectivity index (χ2n) is 9.95. The molecule has 0 bridgehead atoms.